The Morgan fingerprint density at radius 2 is 2.00 bits per heavy atom. The first-order valence-electron chi connectivity index (χ1n) is 9.79. The van der Waals surface area contributed by atoms with Crippen LogP contribution in [0.4, 0.5) is 0 Å². The van der Waals surface area contributed by atoms with E-state index in [0.29, 0.717) is 26.2 Å². The van der Waals surface area contributed by atoms with E-state index in [1.54, 1.807) is 36.7 Å². The Hall–Kier alpha value is -3.46. The van der Waals surface area contributed by atoms with Crippen LogP contribution in [-0.2, 0) is 16.6 Å². The van der Waals surface area contributed by atoms with E-state index in [0.717, 1.165) is 11.3 Å². The summed E-state index contributed by atoms with van der Waals surface area (Å²) in [4.78, 5) is 31.3. The van der Waals surface area contributed by atoms with Gasteiger partial charge in [0, 0.05) is 18.8 Å². The predicted molar refractivity (Wildman–Crippen MR) is 116 cm³/mol. The molecule has 1 N–H and O–H groups in total. The number of phenolic OH excluding ortho intramolecular Hbond substituents is 1. The Labute approximate surface area is 182 Å². The molecule has 31 heavy (non-hydrogen) atoms. The van der Waals surface area contributed by atoms with Crippen molar-refractivity contribution in [2.45, 2.75) is 26.8 Å². The molecule has 0 aliphatic carbocycles. The van der Waals surface area contributed by atoms with Crippen LogP contribution in [0, 0.1) is 6.92 Å². The van der Waals surface area contributed by atoms with Gasteiger partial charge in [-0.2, -0.15) is 5.10 Å². The Bertz CT molecular complexity index is 1380. The molecule has 1 aliphatic heterocycles. The van der Waals surface area contributed by atoms with Crippen molar-refractivity contribution in [3.8, 4) is 5.75 Å². The number of aryl methyl sites for hydroxylation is 2. The zero-order valence-corrected chi connectivity index (χ0v) is 18.4. The summed E-state index contributed by atoms with van der Waals surface area (Å²) in [6.45, 7) is 5.56. The van der Waals surface area contributed by atoms with Crippen LogP contribution in [-0.4, -0.2) is 32.0 Å². The molecule has 2 aromatic heterocycles. The summed E-state index contributed by atoms with van der Waals surface area (Å²) in [7, 11) is 1.83. The van der Waals surface area contributed by atoms with Crippen LogP contribution in [0.15, 0.2) is 51.5 Å². The quantitative estimate of drug-likeness (QED) is 0.623. The van der Waals surface area contributed by atoms with Crippen molar-refractivity contribution < 1.29 is 14.6 Å². The number of rotatable bonds is 4. The summed E-state index contributed by atoms with van der Waals surface area (Å²) in [6, 6.07) is 5.75. The molecule has 3 aromatic rings. The molecular formula is C22H22N4O4S. The third-order valence-electron chi connectivity index (χ3n) is 5.06. The number of allylic oxidation sites excluding steroid dienone is 1. The van der Waals surface area contributed by atoms with Gasteiger partial charge in [0.25, 0.3) is 5.56 Å². The fourth-order valence-electron chi connectivity index (χ4n) is 3.66. The molecule has 3 heterocycles. The topological polar surface area (TPSA) is 98.7 Å². The number of aromatic hydroxyl groups is 1. The number of hydrogen-bond acceptors (Lipinski definition) is 7. The molecule has 0 unspecified atom stereocenters. The van der Waals surface area contributed by atoms with Crippen LogP contribution in [0.3, 0.4) is 0 Å². The van der Waals surface area contributed by atoms with Crippen LogP contribution >= 0.6 is 11.3 Å². The average molecular weight is 439 g/mol. The van der Waals surface area contributed by atoms with Gasteiger partial charge in [-0.15, -0.1) is 0 Å². The minimum absolute atomic E-state index is 0.0987. The number of phenols is 1. The third kappa shape index (κ3) is 3.72. The van der Waals surface area contributed by atoms with Crippen molar-refractivity contribution in [1.29, 1.82) is 0 Å². The number of ether oxygens (including phenoxy) is 1. The molecule has 0 radical (unpaired) electrons. The van der Waals surface area contributed by atoms with Crippen molar-refractivity contribution in [2.24, 2.45) is 12.0 Å². The number of benzene rings is 1. The molecule has 8 nitrogen and oxygen atoms in total. The normalized spacial score (nSPS) is 16.3. The summed E-state index contributed by atoms with van der Waals surface area (Å²) in [5, 5.41) is 14.0. The number of nitrogens with zero attached hydrogens (tertiary/aromatic N) is 4. The van der Waals surface area contributed by atoms with Crippen molar-refractivity contribution in [1.82, 2.24) is 14.3 Å². The molecule has 9 heteroatoms. The number of hydrogen-bond donors (Lipinski definition) is 1. The van der Waals surface area contributed by atoms with Crippen LogP contribution in [0.25, 0.3) is 6.08 Å². The third-order valence-corrected chi connectivity index (χ3v) is 6.05. The predicted octanol–water partition coefficient (Wildman–Crippen LogP) is 1.55. The van der Waals surface area contributed by atoms with Crippen LogP contribution in [0.1, 0.15) is 36.7 Å². The molecule has 4 rings (SSSR count). The monoisotopic (exact) mass is 438 g/mol. The van der Waals surface area contributed by atoms with Crippen molar-refractivity contribution >= 4 is 23.4 Å². The van der Waals surface area contributed by atoms with Gasteiger partial charge in [-0.3, -0.25) is 14.0 Å². The Morgan fingerprint density at radius 1 is 1.29 bits per heavy atom. The highest BCUT2D eigenvalue weighted by atomic mass is 32.1. The second kappa shape index (κ2) is 7.99. The van der Waals surface area contributed by atoms with Gasteiger partial charge in [-0.05, 0) is 44.5 Å². The number of aromatic nitrogens is 3. The number of thiazole rings is 1. The number of fused-ring (bicyclic) bond motifs is 1. The maximum absolute atomic E-state index is 13.5. The zero-order chi connectivity index (χ0) is 22.3. The Morgan fingerprint density at radius 3 is 2.61 bits per heavy atom. The molecule has 160 valence electrons. The lowest BCUT2D eigenvalue weighted by molar-refractivity contribution is -0.139. The standard InChI is InChI=1S/C22H22N4O4S/c1-5-30-21(29)18-13(3)23-22-26(19(18)14-6-8-16(27)9-7-14)20(28)17(31-22)10-15-11-25(4)24-12(15)2/h6-11,19,27H,5H2,1-4H3/b17-10+/t19-/m1/s1. The van der Waals surface area contributed by atoms with Gasteiger partial charge in [-0.25, -0.2) is 9.79 Å². The van der Waals surface area contributed by atoms with Gasteiger partial charge in [0.1, 0.15) is 5.75 Å². The largest absolute Gasteiger partial charge is 0.508 e. The van der Waals surface area contributed by atoms with E-state index in [-0.39, 0.29) is 17.9 Å². The lowest BCUT2D eigenvalue weighted by Crippen LogP contribution is -2.39. The summed E-state index contributed by atoms with van der Waals surface area (Å²) in [5.74, 6) is -0.416. The average Bonchev–Trinajstić information content (AvgIpc) is 3.19. The molecule has 0 saturated carbocycles. The first-order valence-corrected chi connectivity index (χ1v) is 10.6. The van der Waals surface area contributed by atoms with Crippen LogP contribution in [0.5, 0.6) is 5.75 Å². The van der Waals surface area contributed by atoms with E-state index in [1.165, 1.54) is 28.0 Å². The molecule has 0 spiro atoms. The molecular weight excluding hydrogens is 416 g/mol. The molecule has 1 aromatic carbocycles. The Kier molecular flexibility index (Phi) is 5.36. The first kappa shape index (κ1) is 20.8. The molecule has 0 saturated heterocycles. The number of esters is 1. The lowest BCUT2D eigenvalue weighted by Gasteiger charge is -2.24. The second-order valence-electron chi connectivity index (χ2n) is 7.24. The maximum atomic E-state index is 13.5. The minimum Gasteiger partial charge on any atom is -0.508 e. The summed E-state index contributed by atoms with van der Waals surface area (Å²) < 4.78 is 8.98. The van der Waals surface area contributed by atoms with Gasteiger partial charge in [0.05, 0.1) is 34.1 Å². The highest BCUT2D eigenvalue weighted by Gasteiger charge is 2.33. The van der Waals surface area contributed by atoms with Crippen LogP contribution in [0.2, 0.25) is 0 Å². The maximum Gasteiger partial charge on any atom is 0.338 e. The van der Waals surface area contributed by atoms with Gasteiger partial charge in [0.15, 0.2) is 4.80 Å². The molecule has 0 bridgehead atoms. The van der Waals surface area contributed by atoms with E-state index >= 15 is 0 Å². The van der Waals surface area contributed by atoms with E-state index in [1.807, 2.05) is 20.2 Å². The summed E-state index contributed by atoms with van der Waals surface area (Å²) in [5.41, 5.74) is 2.90. The molecule has 0 fully saturated rings. The van der Waals surface area contributed by atoms with Crippen molar-refractivity contribution in [2.75, 3.05) is 6.61 Å². The van der Waals surface area contributed by atoms with E-state index < -0.39 is 12.0 Å². The van der Waals surface area contributed by atoms with E-state index in [9.17, 15) is 14.7 Å². The van der Waals surface area contributed by atoms with Gasteiger partial charge in [-0.1, -0.05) is 23.5 Å². The van der Waals surface area contributed by atoms with Gasteiger partial charge < -0.3 is 9.84 Å². The Balaban J connectivity index is 1.97. The highest BCUT2D eigenvalue weighted by molar-refractivity contribution is 7.07. The summed E-state index contributed by atoms with van der Waals surface area (Å²) in [6.07, 6.45) is 3.64. The molecule has 0 amide bonds. The fourth-order valence-corrected chi connectivity index (χ4v) is 4.70. The first-order chi connectivity index (χ1) is 14.8. The minimum atomic E-state index is -0.701. The van der Waals surface area contributed by atoms with Crippen molar-refractivity contribution in [3.05, 3.63) is 78.2 Å². The SMILES string of the molecule is CCOC(=O)C1=C(C)N=c2s/c(=C/c3cn(C)nc3C)c(=O)n2[C@@H]1c1ccc(O)cc1. The van der Waals surface area contributed by atoms with Gasteiger partial charge >= 0.3 is 5.97 Å². The fraction of sp³-hybridized carbons (Fsp3) is 0.273. The van der Waals surface area contributed by atoms with E-state index in [4.69, 9.17) is 4.74 Å². The molecule has 1 atom stereocenters. The number of carbonyl (C=O) groups excluding carboxylic acids is 1. The second-order valence-corrected chi connectivity index (χ2v) is 8.25. The smallest absolute Gasteiger partial charge is 0.338 e. The summed E-state index contributed by atoms with van der Waals surface area (Å²) >= 11 is 1.26. The van der Waals surface area contributed by atoms with E-state index in [2.05, 4.69) is 10.1 Å². The van der Waals surface area contributed by atoms with Crippen molar-refractivity contribution in [3.63, 3.8) is 0 Å². The van der Waals surface area contributed by atoms with Crippen LogP contribution < -0.4 is 14.9 Å². The highest BCUT2D eigenvalue weighted by Crippen LogP contribution is 2.31. The number of carbonyl (C=O) groups is 1. The lowest BCUT2D eigenvalue weighted by atomic mass is 9.96. The van der Waals surface area contributed by atoms with Gasteiger partial charge in [0.2, 0.25) is 0 Å². The zero-order valence-electron chi connectivity index (χ0n) is 17.6. The molecule has 1 aliphatic rings.